The molecule has 7 nitrogen and oxygen atoms in total. The molecule has 0 spiro atoms. The zero-order chi connectivity index (χ0) is 19.3. The van der Waals surface area contributed by atoms with Crippen LogP contribution in [0.25, 0.3) is 27.9 Å². The van der Waals surface area contributed by atoms with Gasteiger partial charge in [-0.1, -0.05) is 0 Å². The van der Waals surface area contributed by atoms with Gasteiger partial charge in [0.1, 0.15) is 5.58 Å². The van der Waals surface area contributed by atoms with E-state index in [1.54, 1.807) is 6.20 Å². The molecule has 4 heterocycles. The van der Waals surface area contributed by atoms with Gasteiger partial charge in [-0.25, -0.2) is 9.78 Å². The Morgan fingerprint density at radius 1 is 1.07 bits per heavy atom. The predicted octanol–water partition coefficient (Wildman–Crippen LogP) is 2.56. The Morgan fingerprint density at radius 2 is 1.89 bits per heavy atom. The molecule has 0 unspecified atom stereocenters. The molecule has 1 aromatic carbocycles. The molecule has 3 aromatic heterocycles. The average Bonchev–Trinajstić information content (AvgIpc) is 3.10. The fourth-order valence-corrected chi connectivity index (χ4v) is 3.67. The highest BCUT2D eigenvalue weighted by Crippen LogP contribution is 2.25. The molecule has 1 saturated heterocycles. The average molecular weight is 375 g/mol. The Kier molecular flexibility index (Phi) is 3.91. The second-order valence-electron chi connectivity index (χ2n) is 7.38. The summed E-state index contributed by atoms with van der Waals surface area (Å²) in [6.45, 7) is 5.92. The summed E-state index contributed by atoms with van der Waals surface area (Å²) in [5, 5.41) is 0.888. The van der Waals surface area contributed by atoms with Crippen molar-refractivity contribution in [2.75, 3.05) is 38.1 Å². The Balaban J connectivity index is 1.55. The molecule has 142 valence electrons. The number of imidazole rings is 1. The highest BCUT2D eigenvalue weighted by molar-refractivity contribution is 5.84. The molecule has 4 aromatic rings. The largest absolute Gasteiger partial charge is 0.422 e. The van der Waals surface area contributed by atoms with Crippen molar-refractivity contribution in [1.29, 1.82) is 0 Å². The number of aryl methyl sites for hydroxylation is 1. The Bertz CT molecular complexity index is 1230. The molecule has 1 fully saturated rings. The van der Waals surface area contributed by atoms with E-state index >= 15 is 0 Å². The molecule has 0 radical (unpaired) electrons. The molecule has 0 N–H and O–H groups in total. The van der Waals surface area contributed by atoms with E-state index in [4.69, 9.17) is 4.42 Å². The Hall–Kier alpha value is -3.19. The number of nitrogens with zero attached hydrogens (tertiary/aromatic N) is 5. The number of rotatable bonds is 2. The third kappa shape index (κ3) is 2.93. The highest BCUT2D eigenvalue weighted by Gasteiger charge is 2.16. The van der Waals surface area contributed by atoms with E-state index in [1.165, 1.54) is 0 Å². The van der Waals surface area contributed by atoms with Gasteiger partial charge in [-0.15, -0.1) is 0 Å². The normalized spacial score (nSPS) is 15.6. The predicted molar refractivity (Wildman–Crippen MR) is 109 cm³/mol. The maximum Gasteiger partial charge on any atom is 0.345 e. The second-order valence-corrected chi connectivity index (χ2v) is 7.38. The van der Waals surface area contributed by atoms with Crippen molar-refractivity contribution in [2.24, 2.45) is 0 Å². The van der Waals surface area contributed by atoms with Crippen LogP contribution in [0.15, 0.2) is 52.1 Å². The third-order valence-corrected chi connectivity index (χ3v) is 5.33. The number of aromatic nitrogens is 3. The second kappa shape index (κ2) is 6.45. The van der Waals surface area contributed by atoms with Gasteiger partial charge in [-0.2, -0.15) is 0 Å². The summed E-state index contributed by atoms with van der Waals surface area (Å²) in [4.78, 5) is 26.1. The summed E-state index contributed by atoms with van der Waals surface area (Å²) in [7, 11) is 2.13. The van der Waals surface area contributed by atoms with Crippen LogP contribution in [0.5, 0.6) is 0 Å². The van der Waals surface area contributed by atoms with Gasteiger partial charge >= 0.3 is 5.63 Å². The maximum atomic E-state index is 12.7. The minimum Gasteiger partial charge on any atom is -0.422 e. The highest BCUT2D eigenvalue weighted by atomic mass is 16.4. The van der Waals surface area contributed by atoms with E-state index in [0.717, 1.165) is 42.9 Å². The zero-order valence-corrected chi connectivity index (χ0v) is 15.9. The van der Waals surface area contributed by atoms with Crippen LogP contribution in [0.3, 0.4) is 0 Å². The quantitative estimate of drug-likeness (QED) is 0.502. The van der Waals surface area contributed by atoms with Crippen molar-refractivity contribution >= 4 is 22.3 Å². The molecule has 28 heavy (non-hydrogen) atoms. The minimum absolute atomic E-state index is 0.379. The van der Waals surface area contributed by atoms with E-state index in [9.17, 15) is 4.79 Å². The van der Waals surface area contributed by atoms with Crippen LogP contribution in [0.1, 0.15) is 5.69 Å². The molecule has 1 aliphatic rings. The fourth-order valence-electron chi connectivity index (χ4n) is 3.67. The first kappa shape index (κ1) is 16.9. The number of benzene rings is 1. The van der Waals surface area contributed by atoms with Crippen molar-refractivity contribution < 1.29 is 4.42 Å². The van der Waals surface area contributed by atoms with Crippen LogP contribution < -0.4 is 10.5 Å². The maximum absolute atomic E-state index is 12.7. The van der Waals surface area contributed by atoms with E-state index in [2.05, 4.69) is 32.9 Å². The standard InChI is InChI=1S/C21H21N5O2/c1-14-12-26-13-18(23-20(26)11-22-14)17-9-15-3-4-16(10-19(15)28-21(17)27)25-7-5-24(2)6-8-25/h3-4,9-13H,5-8H2,1-2H3. The number of fused-ring (bicyclic) bond motifs is 2. The number of likely N-dealkylation sites (N-methyl/N-ethyl adjacent to an activating group) is 1. The molecular formula is C21H21N5O2. The monoisotopic (exact) mass is 375 g/mol. The Morgan fingerprint density at radius 3 is 2.71 bits per heavy atom. The van der Waals surface area contributed by atoms with Gasteiger partial charge in [0, 0.05) is 55.7 Å². The topological polar surface area (TPSA) is 66.9 Å². The van der Waals surface area contributed by atoms with Crippen molar-refractivity contribution in [1.82, 2.24) is 19.3 Å². The summed E-state index contributed by atoms with van der Waals surface area (Å²) in [6.07, 6.45) is 5.42. The van der Waals surface area contributed by atoms with Crippen LogP contribution in [-0.4, -0.2) is 52.5 Å². The van der Waals surface area contributed by atoms with Crippen molar-refractivity contribution in [2.45, 2.75) is 6.92 Å². The van der Waals surface area contributed by atoms with Gasteiger partial charge in [0.2, 0.25) is 0 Å². The molecule has 0 atom stereocenters. The van der Waals surface area contributed by atoms with Crippen LogP contribution in [0, 0.1) is 6.92 Å². The van der Waals surface area contributed by atoms with E-state index in [1.807, 2.05) is 41.9 Å². The first-order valence-electron chi connectivity index (χ1n) is 9.40. The van der Waals surface area contributed by atoms with Gasteiger partial charge in [0.25, 0.3) is 0 Å². The van der Waals surface area contributed by atoms with E-state index in [0.29, 0.717) is 22.5 Å². The van der Waals surface area contributed by atoms with Gasteiger partial charge in [0.05, 0.1) is 23.1 Å². The number of piperazine rings is 1. The molecule has 0 bridgehead atoms. The van der Waals surface area contributed by atoms with Crippen LogP contribution in [-0.2, 0) is 0 Å². The van der Waals surface area contributed by atoms with Gasteiger partial charge in [-0.3, -0.25) is 4.98 Å². The van der Waals surface area contributed by atoms with Crippen LogP contribution in [0.4, 0.5) is 5.69 Å². The zero-order valence-electron chi connectivity index (χ0n) is 15.9. The lowest BCUT2D eigenvalue weighted by Crippen LogP contribution is -2.44. The van der Waals surface area contributed by atoms with Crippen molar-refractivity contribution in [3.05, 3.63) is 59.0 Å². The van der Waals surface area contributed by atoms with Crippen molar-refractivity contribution in [3.8, 4) is 11.3 Å². The molecule has 0 aliphatic carbocycles. The van der Waals surface area contributed by atoms with Crippen LogP contribution in [0.2, 0.25) is 0 Å². The molecule has 0 saturated carbocycles. The van der Waals surface area contributed by atoms with E-state index < -0.39 is 0 Å². The number of hydrogen-bond donors (Lipinski definition) is 0. The first-order chi connectivity index (χ1) is 13.6. The lowest BCUT2D eigenvalue weighted by molar-refractivity contribution is 0.313. The van der Waals surface area contributed by atoms with Gasteiger partial charge in [0.15, 0.2) is 5.65 Å². The molecule has 1 aliphatic heterocycles. The third-order valence-electron chi connectivity index (χ3n) is 5.33. The molecule has 0 amide bonds. The van der Waals surface area contributed by atoms with Crippen molar-refractivity contribution in [3.63, 3.8) is 0 Å². The summed E-state index contributed by atoms with van der Waals surface area (Å²) in [5.74, 6) is 0. The SMILES string of the molecule is Cc1cn2cc(-c3cc4ccc(N5CCN(C)CC5)cc4oc3=O)nc2cn1. The van der Waals surface area contributed by atoms with Gasteiger partial charge < -0.3 is 18.6 Å². The van der Waals surface area contributed by atoms with Gasteiger partial charge in [-0.05, 0) is 32.2 Å². The number of hydrogen-bond acceptors (Lipinski definition) is 6. The van der Waals surface area contributed by atoms with Crippen LogP contribution >= 0.6 is 0 Å². The lowest BCUT2D eigenvalue weighted by atomic mass is 10.1. The smallest absolute Gasteiger partial charge is 0.345 e. The molecular weight excluding hydrogens is 354 g/mol. The summed E-state index contributed by atoms with van der Waals surface area (Å²) < 4.78 is 7.53. The molecule has 7 heteroatoms. The number of anilines is 1. The van der Waals surface area contributed by atoms with E-state index in [-0.39, 0.29) is 5.63 Å². The molecule has 5 rings (SSSR count). The minimum atomic E-state index is -0.379. The lowest BCUT2D eigenvalue weighted by Gasteiger charge is -2.34. The Labute approximate surface area is 161 Å². The summed E-state index contributed by atoms with van der Waals surface area (Å²) >= 11 is 0. The summed E-state index contributed by atoms with van der Waals surface area (Å²) in [6, 6.07) is 7.92. The first-order valence-corrected chi connectivity index (χ1v) is 9.40. The fraction of sp³-hybridized carbons (Fsp3) is 0.286. The summed E-state index contributed by atoms with van der Waals surface area (Å²) in [5.41, 5.74) is 3.95.